The molecule has 0 unspecified atom stereocenters. The summed E-state index contributed by atoms with van der Waals surface area (Å²) >= 11 is 0. The Bertz CT molecular complexity index is 1090. The Kier molecular flexibility index (Phi) is 7.21. The fourth-order valence-electron chi connectivity index (χ4n) is 4.38. The van der Waals surface area contributed by atoms with E-state index in [4.69, 9.17) is 4.74 Å². The van der Waals surface area contributed by atoms with Crippen LogP contribution in [0.4, 0.5) is 5.69 Å². The van der Waals surface area contributed by atoms with Crippen LogP contribution in [0.1, 0.15) is 36.0 Å². The zero-order valence-electron chi connectivity index (χ0n) is 18.9. The van der Waals surface area contributed by atoms with Crippen LogP contribution in [0.3, 0.4) is 0 Å². The van der Waals surface area contributed by atoms with Crippen LogP contribution in [-0.2, 0) is 15.1 Å². The molecule has 0 aliphatic heterocycles. The summed E-state index contributed by atoms with van der Waals surface area (Å²) in [7, 11) is 0. The molecule has 0 aliphatic carbocycles. The summed E-state index contributed by atoms with van der Waals surface area (Å²) in [6.45, 7) is 2.20. The molecule has 0 saturated heterocycles. The molecule has 1 N–H and O–H groups in total. The first kappa shape index (κ1) is 22.3. The van der Waals surface area contributed by atoms with E-state index in [1.54, 1.807) is 0 Å². The van der Waals surface area contributed by atoms with Gasteiger partial charge in [-0.3, -0.25) is 4.79 Å². The highest BCUT2D eigenvalue weighted by atomic mass is 16.5. The Labute approximate surface area is 196 Å². The van der Waals surface area contributed by atoms with Crippen molar-refractivity contribution in [1.29, 1.82) is 0 Å². The van der Waals surface area contributed by atoms with Gasteiger partial charge in [-0.05, 0) is 42.2 Å². The van der Waals surface area contributed by atoms with Crippen molar-refractivity contribution in [2.45, 2.75) is 24.8 Å². The van der Waals surface area contributed by atoms with Gasteiger partial charge in [-0.1, -0.05) is 109 Å². The topological polar surface area (TPSA) is 38.3 Å². The van der Waals surface area contributed by atoms with Gasteiger partial charge in [-0.15, -0.1) is 0 Å². The summed E-state index contributed by atoms with van der Waals surface area (Å²) in [4.78, 5) is 13.3. The maximum atomic E-state index is 13.3. The number of esters is 1. The molecule has 0 aliphatic rings. The van der Waals surface area contributed by atoms with Gasteiger partial charge in [0.05, 0.1) is 18.1 Å². The van der Waals surface area contributed by atoms with Crippen molar-refractivity contribution in [3.05, 3.63) is 138 Å². The summed E-state index contributed by atoms with van der Waals surface area (Å²) in [5.74, 6) is -0.655. The zero-order valence-corrected chi connectivity index (χ0v) is 18.9. The van der Waals surface area contributed by atoms with Gasteiger partial charge < -0.3 is 10.1 Å². The van der Waals surface area contributed by atoms with Gasteiger partial charge in [0.15, 0.2) is 0 Å². The molecule has 0 fully saturated rings. The first-order valence-electron chi connectivity index (χ1n) is 11.4. The van der Waals surface area contributed by atoms with Gasteiger partial charge in [-0.2, -0.15) is 0 Å². The number of rotatable bonds is 9. The van der Waals surface area contributed by atoms with Crippen LogP contribution in [0.5, 0.6) is 0 Å². The maximum absolute atomic E-state index is 13.3. The molecule has 0 spiro atoms. The average Bonchev–Trinajstić information content (AvgIpc) is 2.89. The second-order valence-electron chi connectivity index (χ2n) is 8.05. The summed E-state index contributed by atoms with van der Waals surface area (Å²) < 4.78 is 5.56. The van der Waals surface area contributed by atoms with E-state index in [1.165, 1.54) is 0 Å². The van der Waals surface area contributed by atoms with E-state index in [0.29, 0.717) is 13.0 Å². The van der Waals surface area contributed by atoms with Crippen LogP contribution in [0, 0.1) is 0 Å². The monoisotopic (exact) mass is 435 g/mol. The molecule has 4 aromatic rings. The highest BCUT2D eigenvalue weighted by molar-refractivity contribution is 5.79. The molecule has 0 bridgehead atoms. The van der Waals surface area contributed by atoms with Crippen molar-refractivity contribution in [2.24, 2.45) is 0 Å². The molecular formula is C30H29NO2. The van der Waals surface area contributed by atoms with E-state index in [-0.39, 0.29) is 5.97 Å². The first-order chi connectivity index (χ1) is 16.2. The Morgan fingerprint density at radius 3 is 1.67 bits per heavy atom. The van der Waals surface area contributed by atoms with E-state index >= 15 is 0 Å². The number of para-hydroxylation sites is 1. The fourth-order valence-corrected chi connectivity index (χ4v) is 4.38. The van der Waals surface area contributed by atoms with Gasteiger partial charge in [-0.25, -0.2) is 0 Å². The molecule has 0 aromatic heterocycles. The molecule has 0 amide bonds. The van der Waals surface area contributed by atoms with Crippen LogP contribution >= 0.6 is 0 Å². The molecule has 3 heteroatoms. The number of hydrogen-bond acceptors (Lipinski definition) is 3. The SMILES string of the molecule is CCOC(=O)[C@H](CC(Nc1ccccc1)(c1ccccc1)c1ccccc1)c1ccccc1. The number of ether oxygens (including phenoxy) is 1. The first-order valence-corrected chi connectivity index (χ1v) is 11.4. The van der Waals surface area contributed by atoms with Crippen molar-refractivity contribution < 1.29 is 9.53 Å². The van der Waals surface area contributed by atoms with E-state index in [2.05, 4.69) is 41.7 Å². The Morgan fingerprint density at radius 1 is 0.727 bits per heavy atom. The molecule has 3 nitrogen and oxygen atoms in total. The van der Waals surface area contributed by atoms with Crippen LogP contribution in [-0.4, -0.2) is 12.6 Å². The van der Waals surface area contributed by atoms with Gasteiger partial charge >= 0.3 is 5.97 Å². The lowest BCUT2D eigenvalue weighted by Crippen LogP contribution is -2.40. The predicted octanol–water partition coefficient (Wildman–Crippen LogP) is 6.78. The highest BCUT2D eigenvalue weighted by Gasteiger charge is 2.40. The molecule has 33 heavy (non-hydrogen) atoms. The summed E-state index contributed by atoms with van der Waals surface area (Å²) in [6.07, 6.45) is 0.499. The van der Waals surface area contributed by atoms with Crippen molar-refractivity contribution in [3.8, 4) is 0 Å². The molecule has 4 aromatic carbocycles. The van der Waals surface area contributed by atoms with Gasteiger partial charge in [0.25, 0.3) is 0 Å². The lowest BCUT2D eigenvalue weighted by atomic mass is 9.74. The smallest absolute Gasteiger partial charge is 0.313 e. The minimum Gasteiger partial charge on any atom is -0.466 e. The zero-order chi connectivity index (χ0) is 22.9. The molecule has 4 rings (SSSR count). The maximum Gasteiger partial charge on any atom is 0.313 e. The lowest BCUT2D eigenvalue weighted by molar-refractivity contribution is -0.145. The number of carbonyl (C=O) groups excluding carboxylic acids is 1. The number of hydrogen-bond donors (Lipinski definition) is 1. The number of carbonyl (C=O) groups is 1. The number of nitrogens with one attached hydrogen (secondary N) is 1. The standard InChI is InChI=1S/C30H29NO2/c1-2-33-29(32)28(24-15-7-3-8-16-24)23-30(25-17-9-4-10-18-25,26-19-11-5-12-20-26)31-27-21-13-6-14-22-27/h3-22,28,31H,2,23H2,1H3/t28-/m1/s1. The normalized spacial score (nSPS) is 12.0. The average molecular weight is 436 g/mol. The highest BCUT2D eigenvalue weighted by Crippen LogP contribution is 2.42. The molecule has 0 saturated carbocycles. The second-order valence-corrected chi connectivity index (χ2v) is 8.05. The third-order valence-electron chi connectivity index (χ3n) is 5.95. The molecular weight excluding hydrogens is 406 g/mol. The van der Waals surface area contributed by atoms with E-state index in [9.17, 15) is 4.79 Å². The van der Waals surface area contributed by atoms with Gasteiger partial charge in [0, 0.05) is 5.69 Å². The third-order valence-corrected chi connectivity index (χ3v) is 5.95. The predicted molar refractivity (Wildman–Crippen MR) is 134 cm³/mol. The lowest BCUT2D eigenvalue weighted by Gasteiger charge is -2.39. The summed E-state index contributed by atoms with van der Waals surface area (Å²) in [5, 5.41) is 3.81. The third kappa shape index (κ3) is 5.15. The molecule has 1 atom stereocenters. The van der Waals surface area contributed by atoms with E-state index in [0.717, 1.165) is 22.4 Å². The van der Waals surface area contributed by atoms with Gasteiger partial charge in [0.1, 0.15) is 0 Å². The minimum atomic E-state index is -0.656. The van der Waals surface area contributed by atoms with Crippen molar-refractivity contribution >= 4 is 11.7 Å². The fraction of sp³-hybridized carbons (Fsp3) is 0.167. The van der Waals surface area contributed by atoms with E-state index in [1.807, 2.05) is 91.9 Å². The number of benzene rings is 4. The van der Waals surface area contributed by atoms with Crippen molar-refractivity contribution in [2.75, 3.05) is 11.9 Å². The molecule has 166 valence electrons. The van der Waals surface area contributed by atoms with Crippen molar-refractivity contribution in [1.82, 2.24) is 0 Å². The summed E-state index contributed by atoms with van der Waals surface area (Å²) in [5.41, 5.74) is 3.45. The van der Waals surface area contributed by atoms with Gasteiger partial charge in [0.2, 0.25) is 0 Å². The number of anilines is 1. The van der Waals surface area contributed by atoms with E-state index < -0.39 is 11.5 Å². The quantitative estimate of drug-likeness (QED) is 0.295. The van der Waals surface area contributed by atoms with Crippen LogP contribution in [0.15, 0.2) is 121 Å². The molecule has 0 heterocycles. The summed E-state index contributed by atoms with van der Waals surface area (Å²) in [6, 6.07) is 40.8. The Balaban J connectivity index is 1.91. The van der Waals surface area contributed by atoms with Crippen LogP contribution in [0.2, 0.25) is 0 Å². The Hall–Kier alpha value is -3.85. The largest absolute Gasteiger partial charge is 0.466 e. The second kappa shape index (κ2) is 10.6. The van der Waals surface area contributed by atoms with Crippen molar-refractivity contribution in [3.63, 3.8) is 0 Å². The Morgan fingerprint density at radius 2 is 1.18 bits per heavy atom. The minimum absolute atomic E-state index is 0.213. The molecule has 0 radical (unpaired) electrons. The van der Waals surface area contributed by atoms with Crippen LogP contribution in [0.25, 0.3) is 0 Å². The van der Waals surface area contributed by atoms with Crippen LogP contribution < -0.4 is 5.32 Å².